The Labute approximate surface area is 446 Å². The molecule has 5 rings (SSSR count). The zero-order chi connectivity index (χ0) is 54.9. The number of ether oxygens (including phenoxy) is 11. The number of nitrogens with one attached hydrogen (secondary N) is 1. The Hall–Kier alpha value is -3.14. The van der Waals surface area contributed by atoms with Crippen molar-refractivity contribution in [2.45, 2.75) is 213 Å². The Balaban J connectivity index is 1.66. The summed E-state index contributed by atoms with van der Waals surface area (Å²) < 4.78 is 72.0. The van der Waals surface area contributed by atoms with Crippen molar-refractivity contribution >= 4 is 29.7 Å². The Bertz CT molecular complexity index is 2030. The number of nitrogens with zero attached hydrogens (tertiary/aromatic N) is 2. The molecule has 3 fully saturated rings. The van der Waals surface area contributed by atoms with E-state index >= 15 is 4.79 Å². The van der Waals surface area contributed by atoms with Gasteiger partial charge in [-0.3, -0.25) is 19.9 Å². The molecular weight excluding hydrogens is 978 g/mol. The molecule has 1 aromatic carbocycles. The first-order valence-electron chi connectivity index (χ1n) is 26.7. The highest BCUT2D eigenvalue weighted by atomic mass is 35.5. The van der Waals surface area contributed by atoms with Gasteiger partial charge in [0.15, 0.2) is 30.4 Å². The Morgan fingerprint density at radius 3 is 2.18 bits per heavy atom. The lowest BCUT2D eigenvalue weighted by atomic mass is 9.76. The maximum Gasteiger partial charge on any atom is 0.509 e. The molecule has 1 N–H and O–H groups in total. The molecule has 0 unspecified atom stereocenters. The maximum absolute atomic E-state index is 15.1. The smallest absolute Gasteiger partial charge is 0.458 e. The van der Waals surface area contributed by atoms with Crippen molar-refractivity contribution in [3.8, 4) is 0 Å². The van der Waals surface area contributed by atoms with E-state index in [1.54, 1.807) is 34.1 Å². The molecule has 0 amide bonds. The number of esters is 2. The summed E-state index contributed by atoms with van der Waals surface area (Å²) in [6.45, 7) is 28.0. The second kappa shape index (κ2) is 27.0. The van der Waals surface area contributed by atoms with E-state index in [0.29, 0.717) is 23.7 Å². The van der Waals surface area contributed by atoms with Gasteiger partial charge in [0.25, 0.3) is 0 Å². The summed E-state index contributed by atoms with van der Waals surface area (Å²) in [5.41, 5.74) is 1.70. The van der Waals surface area contributed by atoms with Crippen LogP contribution in [0.1, 0.15) is 128 Å². The standard InChI is InChI=1S/C55H90ClN3O15/c1-18-42-55(13)48(73-52(62)74-55)34(6)44(57-66-31-39-24-21-22-25-40(39)56)32(4)29-53(11,63-16)47(72-51-46(69-38(10)60)41(58(14)15)28-33(5)67-51)35(7)45(36(8)50(61)70-42)71-43-30-54(12,64-17)49(37(9)68-43)65-27-23-26-59(19-2)20-3/h21-22,24-25,33-37,41-43,45-49,51,57H,18-20,23,26-31H2,1-17H3/b44-32+/t33-,34+,35+,36-,37+,41+,42-,43+,45+,46-,47-,48-,49+,51+,53-,54-,55-/m1/s1. The highest BCUT2D eigenvalue weighted by Gasteiger charge is 2.59. The molecule has 0 aromatic heterocycles. The van der Waals surface area contributed by atoms with Gasteiger partial charge >= 0.3 is 18.1 Å². The second-order valence-electron chi connectivity index (χ2n) is 21.7. The number of benzene rings is 1. The molecule has 0 aliphatic carbocycles. The van der Waals surface area contributed by atoms with Gasteiger partial charge in [-0.05, 0) is 112 Å². The van der Waals surface area contributed by atoms with Crippen molar-refractivity contribution in [1.82, 2.24) is 15.3 Å². The molecule has 74 heavy (non-hydrogen) atoms. The second-order valence-corrected chi connectivity index (χ2v) is 22.1. The number of hydrogen-bond acceptors (Lipinski definition) is 18. The van der Waals surface area contributed by atoms with Gasteiger partial charge in [-0.1, -0.05) is 64.4 Å². The van der Waals surface area contributed by atoms with Crippen molar-refractivity contribution < 1.29 is 71.3 Å². The van der Waals surface area contributed by atoms with Crippen LogP contribution in [0.15, 0.2) is 35.5 Å². The number of fused-ring (bicyclic) bond motifs is 1. The van der Waals surface area contributed by atoms with Gasteiger partial charge in [-0.25, -0.2) is 4.79 Å². The third kappa shape index (κ3) is 14.5. The van der Waals surface area contributed by atoms with Crippen LogP contribution in [0.3, 0.4) is 0 Å². The zero-order valence-corrected chi connectivity index (χ0v) is 48.1. The van der Waals surface area contributed by atoms with Crippen LogP contribution in [0, 0.1) is 17.8 Å². The molecule has 19 heteroatoms. The number of rotatable bonds is 20. The number of carbonyl (C=O) groups is 3. The first-order valence-corrected chi connectivity index (χ1v) is 27.1. The van der Waals surface area contributed by atoms with Gasteiger partial charge in [0, 0.05) is 69.7 Å². The van der Waals surface area contributed by atoms with Crippen molar-refractivity contribution in [2.75, 3.05) is 54.6 Å². The van der Waals surface area contributed by atoms with E-state index in [9.17, 15) is 9.59 Å². The van der Waals surface area contributed by atoms with E-state index in [-0.39, 0.29) is 38.0 Å². The number of halogens is 1. The summed E-state index contributed by atoms with van der Waals surface area (Å²) in [6.07, 6.45) is -6.78. The van der Waals surface area contributed by atoms with Crippen LogP contribution >= 0.6 is 11.6 Å². The van der Waals surface area contributed by atoms with E-state index in [2.05, 4.69) is 24.2 Å². The molecule has 4 heterocycles. The van der Waals surface area contributed by atoms with Gasteiger partial charge < -0.3 is 61.9 Å². The number of hydroxylamine groups is 1. The predicted octanol–water partition coefficient (Wildman–Crippen LogP) is 8.39. The minimum absolute atomic E-state index is 0.0904. The van der Waals surface area contributed by atoms with Gasteiger partial charge in [-0.2, -0.15) is 0 Å². The summed E-state index contributed by atoms with van der Waals surface area (Å²) in [5, 5.41) is 0.529. The van der Waals surface area contributed by atoms with Crippen molar-refractivity contribution in [2.24, 2.45) is 17.8 Å². The average Bonchev–Trinajstić information content (AvgIpc) is 3.67. The summed E-state index contributed by atoms with van der Waals surface area (Å²) in [6, 6.07) is 7.09. The fraction of sp³-hybridized carbons (Fsp3) is 0.800. The summed E-state index contributed by atoms with van der Waals surface area (Å²) in [4.78, 5) is 51.9. The van der Waals surface area contributed by atoms with Gasteiger partial charge in [0.05, 0.1) is 47.6 Å². The highest BCUT2D eigenvalue weighted by Crippen LogP contribution is 2.45. The molecule has 0 spiro atoms. The number of methoxy groups -OCH3 is 2. The summed E-state index contributed by atoms with van der Waals surface area (Å²) in [7, 11) is 7.11. The maximum atomic E-state index is 15.1. The van der Waals surface area contributed by atoms with Gasteiger partial charge in [0.2, 0.25) is 0 Å². The number of likely N-dealkylation sites (N-methyl/N-ethyl adjacent to an activating group) is 1. The first-order chi connectivity index (χ1) is 34.9. The van der Waals surface area contributed by atoms with E-state index in [1.165, 1.54) is 6.92 Å². The van der Waals surface area contributed by atoms with E-state index in [0.717, 1.165) is 37.2 Å². The predicted molar refractivity (Wildman–Crippen MR) is 278 cm³/mol. The normalized spacial score (nSPS) is 38.4. The zero-order valence-electron chi connectivity index (χ0n) is 47.4. The van der Waals surface area contributed by atoms with Crippen LogP contribution < -0.4 is 5.48 Å². The van der Waals surface area contributed by atoms with Crippen molar-refractivity contribution in [3.05, 3.63) is 46.1 Å². The van der Waals surface area contributed by atoms with Crippen LogP contribution in [0.5, 0.6) is 0 Å². The summed E-state index contributed by atoms with van der Waals surface area (Å²) >= 11 is 6.56. The van der Waals surface area contributed by atoms with Gasteiger partial charge in [0.1, 0.15) is 18.8 Å². The quantitative estimate of drug-likeness (QED) is 0.0569. The Kier molecular flexibility index (Phi) is 22.5. The van der Waals surface area contributed by atoms with Crippen LogP contribution in [-0.2, 0) is 73.1 Å². The lowest BCUT2D eigenvalue weighted by Gasteiger charge is -2.50. The molecule has 422 valence electrons. The monoisotopic (exact) mass is 1070 g/mol. The van der Waals surface area contributed by atoms with E-state index < -0.39 is 108 Å². The molecule has 18 nitrogen and oxygen atoms in total. The largest absolute Gasteiger partial charge is 0.509 e. The Morgan fingerprint density at radius 1 is 0.892 bits per heavy atom. The van der Waals surface area contributed by atoms with Crippen LogP contribution in [-0.4, -0.2) is 167 Å². The van der Waals surface area contributed by atoms with E-state index in [4.69, 9.17) is 68.5 Å². The Morgan fingerprint density at radius 2 is 1.57 bits per heavy atom. The molecule has 0 bridgehead atoms. The fourth-order valence-corrected chi connectivity index (χ4v) is 11.8. The minimum atomic E-state index is -1.45. The van der Waals surface area contributed by atoms with Crippen LogP contribution in [0.2, 0.25) is 5.02 Å². The molecule has 4 aliphatic rings. The molecular formula is C55H90ClN3O15. The van der Waals surface area contributed by atoms with Crippen LogP contribution in [0.4, 0.5) is 4.79 Å². The molecule has 0 saturated carbocycles. The summed E-state index contributed by atoms with van der Waals surface area (Å²) in [5.74, 6) is -3.46. The molecule has 17 atom stereocenters. The van der Waals surface area contributed by atoms with Crippen LogP contribution in [0.25, 0.3) is 0 Å². The molecule has 1 aromatic rings. The van der Waals surface area contributed by atoms with Crippen molar-refractivity contribution in [1.29, 1.82) is 0 Å². The first kappa shape index (κ1) is 61.7. The van der Waals surface area contributed by atoms with Crippen molar-refractivity contribution in [3.63, 3.8) is 0 Å². The van der Waals surface area contributed by atoms with E-state index in [1.807, 2.05) is 92.6 Å². The third-order valence-corrected chi connectivity index (χ3v) is 16.4. The number of cyclic esters (lactones) is 1. The minimum Gasteiger partial charge on any atom is -0.458 e. The topological polar surface area (TPSA) is 180 Å². The molecule has 4 aliphatic heterocycles. The van der Waals surface area contributed by atoms with Gasteiger partial charge in [-0.15, -0.1) is 0 Å². The average molecular weight is 1070 g/mol. The number of carbonyl (C=O) groups excluding carboxylic acids is 3. The molecule has 0 radical (unpaired) electrons. The third-order valence-electron chi connectivity index (χ3n) is 16.0. The molecule has 3 saturated heterocycles. The highest BCUT2D eigenvalue weighted by molar-refractivity contribution is 6.31. The number of hydrogen-bond donors (Lipinski definition) is 1. The lowest BCUT2D eigenvalue weighted by Crippen LogP contribution is -2.61. The SMILES string of the molecule is CC[C@H]1OC(=O)[C@H](C)[C@@H](O[C@H]2C[C@@](C)(OC)[C@@H](OCCCN(CC)CC)[C@H](C)O2)[C@H](C)[C@@H](O[C@@H]2O[C@H](C)C[C@H](N(C)C)[C@H]2OC(C)=O)[C@](C)(OC)C/C(C)=C(/NOCc2ccccc2Cl)[C@H](C)[C@H]2OC(=O)O[C@@]21C. The lowest BCUT2D eigenvalue weighted by molar-refractivity contribution is -0.322. The fourth-order valence-electron chi connectivity index (χ4n) is 11.7.